The summed E-state index contributed by atoms with van der Waals surface area (Å²) in [6.07, 6.45) is 0. The molecule has 2 aromatic carbocycles. The minimum atomic E-state index is -0.716. The van der Waals surface area contributed by atoms with Gasteiger partial charge in [-0.3, -0.25) is 0 Å². The van der Waals surface area contributed by atoms with E-state index in [1.165, 1.54) is 14.2 Å². The van der Waals surface area contributed by atoms with Crippen molar-refractivity contribution in [1.29, 1.82) is 0 Å². The Bertz CT molecular complexity index is 743. The lowest BCUT2D eigenvalue weighted by Crippen LogP contribution is -2.20. The molecule has 0 spiro atoms. The van der Waals surface area contributed by atoms with Crippen molar-refractivity contribution in [1.82, 2.24) is 0 Å². The Kier molecular flexibility index (Phi) is 3.77. The molecule has 0 atom stereocenters. The Morgan fingerprint density at radius 1 is 1.00 bits per heavy atom. The molecule has 22 heavy (non-hydrogen) atoms. The smallest absolute Gasteiger partial charge is 0.375 e. The molecule has 0 saturated heterocycles. The highest BCUT2D eigenvalue weighted by Crippen LogP contribution is 2.44. The molecule has 0 N–H and O–H groups in total. The molecule has 1 aliphatic rings. The van der Waals surface area contributed by atoms with Crippen LogP contribution in [-0.4, -0.2) is 26.2 Å². The molecular formula is C16H12O5S. The van der Waals surface area contributed by atoms with Crippen molar-refractivity contribution in [2.75, 3.05) is 14.2 Å². The summed E-state index contributed by atoms with van der Waals surface area (Å²) in [5.74, 6) is -0.991. The van der Waals surface area contributed by atoms with Gasteiger partial charge < -0.3 is 14.2 Å². The Morgan fingerprint density at radius 3 is 2.27 bits per heavy atom. The van der Waals surface area contributed by atoms with Gasteiger partial charge >= 0.3 is 11.9 Å². The first-order valence-electron chi connectivity index (χ1n) is 6.43. The van der Waals surface area contributed by atoms with Gasteiger partial charge in [0.25, 0.3) is 0 Å². The van der Waals surface area contributed by atoms with E-state index in [0.717, 1.165) is 27.4 Å². The molecule has 2 aromatic rings. The van der Waals surface area contributed by atoms with E-state index in [2.05, 4.69) is 4.74 Å². The fourth-order valence-electron chi connectivity index (χ4n) is 2.12. The molecule has 112 valence electrons. The van der Waals surface area contributed by atoms with Crippen LogP contribution in [0.2, 0.25) is 0 Å². The highest BCUT2D eigenvalue weighted by molar-refractivity contribution is 8.04. The fourth-order valence-corrected chi connectivity index (χ4v) is 3.12. The second kappa shape index (κ2) is 5.73. The molecule has 0 amide bonds. The molecule has 0 bridgehead atoms. The number of fused-ring (bicyclic) bond motifs is 2. The van der Waals surface area contributed by atoms with E-state index in [9.17, 15) is 9.59 Å². The molecule has 0 fully saturated rings. The van der Waals surface area contributed by atoms with Crippen LogP contribution in [-0.2, 0) is 19.1 Å². The lowest BCUT2D eigenvalue weighted by atomic mass is 10.1. The molecule has 1 aliphatic heterocycles. The van der Waals surface area contributed by atoms with Gasteiger partial charge in [0, 0.05) is 0 Å². The van der Waals surface area contributed by atoms with Crippen LogP contribution in [0, 0.1) is 0 Å². The van der Waals surface area contributed by atoms with Crippen LogP contribution in [0.5, 0.6) is 5.75 Å². The minimum absolute atomic E-state index is 0.0807. The average molecular weight is 316 g/mol. The number of thioether (sulfide) groups is 1. The predicted octanol–water partition coefficient (Wildman–Crippen LogP) is 2.88. The Balaban J connectivity index is 2.12. The number of ether oxygens (including phenoxy) is 3. The van der Waals surface area contributed by atoms with Crippen molar-refractivity contribution in [2.24, 2.45) is 0 Å². The Labute approximate surface area is 130 Å². The fraction of sp³-hybridized carbons (Fsp3) is 0.125. The maximum absolute atomic E-state index is 11.9. The number of hydrogen-bond donors (Lipinski definition) is 0. The number of carbonyl (C=O) groups is 2. The molecule has 0 aliphatic carbocycles. The van der Waals surface area contributed by atoms with E-state index in [4.69, 9.17) is 9.47 Å². The van der Waals surface area contributed by atoms with Crippen molar-refractivity contribution in [3.8, 4) is 5.75 Å². The lowest BCUT2D eigenvalue weighted by Gasteiger charge is -2.20. The number of methoxy groups -OCH3 is 2. The first kappa shape index (κ1) is 14.5. The van der Waals surface area contributed by atoms with E-state index < -0.39 is 11.9 Å². The highest BCUT2D eigenvalue weighted by atomic mass is 32.2. The van der Waals surface area contributed by atoms with Gasteiger partial charge in [0.1, 0.15) is 10.7 Å². The van der Waals surface area contributed by atoms with Crippen LogP contribution < -0.4 is 4.74 Å². The summed E-state index contributed by atoms with van der Waals surface area (Å²) in [6.45, 7) is 0. The van der Waals surface area contributed by atoms with Crippen LogP contribution in [0.1, 0.15) is 0 Å². The third-order valence-electron chi connectivity index (χ3n) is 3.18. The quantitative estimate of drug-likeness (QED) is 0.794. The number of carbonyl (C=O) groups excluding carboxylic acids is 2. The van der Waals surface area contributed by atoms with E-state index in [1.54, 1.807) is 0 Å². The summed E-state index contributed by atoms with van der Waals surface area (Å²) in [6, 6.07) is 11.5. The first-order valence-corrected chi connectivity index (χ1v) is 7.25. The maximum atomic E-state index is 11.9. The second-order valence-electron chi connectivity index (χ2n) is 4.49. The van der Waals surface area contributed by atoms with Crippen LogP contribution in [0.4, 0.5) is 0 Å². The Morgan fingerprint density at radius 2 is 1.64 bits per heavy atom. The molecule has 0 saturated carbocycles. The van der Waals surface area contributed by atoms with Crippen LogP contribution in [0.15, 0.2) is 52.0 Å². The molecule has 0 radical (unpaired) electrons. The van der Waals surface area contributed by atoms with E-state index in [1.807, 2.05) is 36.4 Å². The van der Waals surface area contributed by atoms with Crippen LogP contribution >= 0.6 is 11.8 Å². The van der Waals surface area contributed by atoms with Crippen LogP contribution in [0.25, 0.3) is 10.8 Å². The lowest BCUT2D eigenvalue weighted by molar-refractivity contribution is -0.140. The summed E-state index contributed by atoms with van der Waals surface area (Å²) >= 11 is 1.14. The largest absolute Gasteiger partial charge is 0.465 e. The number of rotatable bonds is 2. The second-order valence-corrected chi connectivity index (χ2v) is 5.54. The van der Waals surface area contributed by atoms with Gasteiger partial charge in [-0.05, 0) is 22.9 Å². The zero-order valence-electron chi connectivity index (χ0n) is 11.9. The van der Waals surface area contributed by atoms with Crippen LogP contribution in [0.3, 0.4) is 0 Å². The number of esters is 2. The van der Waals surface area contributed by atoms with Gasteiger partial charge in [-0.1, -0.05) is 36.0 Å². The van der Waals surface area contributed by atoms with Gasteiger partial charge in [0.15, 0.2) is 0 Å². The Hall–Kier alpha value is -2.47. The van der Waals surface area contributed by atoms with Crippen molar-refractivity contribution in [3.63, 3.8) is 0 Å². The average Bonchev–Trinajstić information content (AvgIpc) is 2.57. The highest BCUT2D eigenvalue weighted by Gasteiger charge is 2.31. The zero-order valence-corrected chi connectivity index (χ0v) is 12.7. The maximum Gasteiger partial charge on any atom is 0.375 e. The van der Waals surface area contributed by atoms with E-state index in [0.29, 0.717) is 5.75 Å². The molecule has 0 unspecified atom stereocenters. The molecule has 5 nitrogen and oxygen atoms in total. The van der Waals surface area contributed by atoms with Gasteiger partial charge in [-0.2, -0.15) is 0 Å². The van der Waals surface area contributed by atoms with E-state index >= 15 is 0 Å². The van der Waals surface area contributed by atoms with Crippen molar-refractivity contribution in [2.45, 2.75) is 4.90 Å². The topological polar surface area (TPSA) is 61.8 Å². The molecule has 0 aromatic heterocycles. The molecule has 1 heterocycles. The normalized spacial score (nSPS) is 13.4. The van der Waals surface area contributed by atoms with Crippen molar-refractivity contribution >= 4 is 34.5 Å². The van der Waals surface area contributed by atoms with Crippen molar-refractivity contribution in [3.05, 3.63) is 47.1 Å². The summed E-state index contributed by atoms with van der Waals surface area (Å²) in [5.41, 5.74) is 0. The van der Waals surface area contributed by atoms with E-state index in [-0.39, 0.29) is 10.7 Å². The monoisotopic (exact) mass is 316 g/mol. The first-order chi connectivity index (χ1) is 10.6. The third kappa shape index (κ3) is 2.42. The number of benzene rings is 2. The van der Waals surface area contributed by atoms with Gasteiger partial charge in [0.05, 0.1) is 19.1 Å². The third-order valence-corrected chi connectivity index (χ3v) is 4.28. The summed E-state index contributed by atoms with van der Waals surface area (Å²) in [5, 5.41) is 2.00. The predicted molar refractivity (Wildman–Crippen MR) is 81.5 cm³/mol. The standard InChI is InChI=1S/C16H12O5S/c1-19-15(17)13-14(16(18)20-2)22-12-8-10-6-4-3-5-9(10)7-11(12)21-13/h3-8H,1-2H3. The summed E-state index contributed by atoms with van der Waals surface area (Å²) < 4.78 is 15.0. The van der Waals surface area contributed by atoms with Crippen molar-refractivity contribution < 1.29 is 23.8 Å². The molecule has 3 rings (SSSR count). The van der Waals surface area contributed by atoms with Gasteiger partial charge in [-0.15, -0.1) is 0 Å². The summed E-state index contributed by atoms with van der Waals surface area (Å²) in [4.78, 5) is 24.6. The zero-order chi connectivity index (χ0) is 15.7. The summed E-state index contributed by atoms with van der Waals surface area (Å²) in [7, 11) is 2.48. The molecular weight excluding hydrogens is 304 g/mol. The van der Waals surface area contributed by atoms with Gasteiger partial charge in [-0.25, -0.2) is 9.59 Å². The number of hydrogen-bond acceptors (Lipinski definition) is 6. The molecule has 6 heteroatoms. The van der Waals surface area contributed by atoms with Gasteiger partial charge in [0.2, 0.25) is 5.76 Å². The SMILES string of the molecule is COC(=O)C1=C(C(=O)OC)Sc2cc3ccccc3cc2O1. The minimum Gasteiger partial charge on any atom is -0.465 e.